The van der Waals surface area contributed by atoms with Crippen LogP contribution in [0.15, 0.2) is 30.5 Å². The molecule has 1 aliphatic rings. The minimum Gasteiger partial charge on any atom is -0.369 e. The molecule has 2 aromatic heterocycles. The van der Waals surface area contributed by atoms with E-state index >= 15 is 0 Å². The van der Waals surface area contributed by atoms with Crippen LogP contribution in [0.2, 0.25) is 0 Å². The Morgan fingerprint density at radius 1 is 1.21 bits per heavy atom. The Balaban J connectivity index is 1.98. The summed E-state index contributed by atoms with van der Waals surface area (Å²) in [6, 6.07) is 8.19. The highest BCUT2D eigenvalue weighted by molar-refractivity contribution is 6.02. The Kier molecular flexibility index (Phi) is 2.24. The van der Waals surface area contributed by atoms with Crippen molar-refractivity contribution < 1.29 is 0 Å². The number of para-hydroxylation sites is 1. The molecule has 0 unspecified atom stereocenters. The highest BCUT2D eigenvalue weighted by atomic mass is 15.2. The van der Waals surface area contributed by atoms with Crippen molar-refractivity contribution in [1.29, 1.82) is 0 Å². The van der Waals surface area contributed by atoms with Gasteiger partial charge in [-0.1, -0.05) is 24.6 Å². The maximum atomic E-state index is 6.10. The first-order chi connectivity index (χ1) is 9.33. The lowest BCUT2D eigenvalue weighted by Crippen LogP contribution is -2.19. The van der Waals surface area contributed by atoms with Crippen LogP contribution >= 0.6 is 0 Å². The second-order valence-corrected chi connectivity index (χ2v) is 5.39. The first kappa shape index (κ1) is 10.8. The number of imidazole rings is 1. The second-order valence-electron chi connectivity index (χ2n) is 5.39. The van der Waals surface area contributed by atoms with Gasteiger partial charge < -0.3 is 10.3 Å². The van der Waals surface area contributed by atoms with Gasteiger partial charge in [0.05, 0.1) is 17.2 Å². The van der Waals surface area contributed by atoms with Gasteiger partial charge in [0.1, 0.15) is 5.52 Å². The van der Waals surface area contributed by atoms with Crippen LogP contribution in [-0.2, 0) is 6.54 Å². The predicted molar refractivity (Wildman–Crippen MR) is 76.8 cm³/mol. The molecule has 0 spiro atoms. The summed E-state index contributed by atoms with van der Waals surface area (Å²) >= 11 is 0. The highest BCUT2D eigenvalue weighted by Gasteiger charge is 2.21. The van der Waals surface area contributed by atoms with E-state index in [-0.39, 0.29) is 0 Å². The number of pyridine rings is 1. The fourth-order valence-corrected chi connectivity index (χ4v) is 2.90. The molecule has 0 saturated heterocycles. The zero-order chi connectivity index (χ0) is 12.8. The number of hydrogen-bond donors (Lipinski definition) is 1. The number of nitrogens with two attached hydrogens (primary N) is 1. The van der Waals surface area contributed by atoms with Crippen LogP contribution in [0, 0.1) is 5.92 Å². The number of nitrogen functional groups attached to an aromatic ring is 1. The number of rotatable bonds is 2. The van der Waals surface area contributed by atoms with Gasteiger partial charge in [0.2, 0.25) is 5.95 Å². The largest absolute Gasteiger partial charge is 0.369 e. The molecule has 19 heavy (non-hydrogen) atoms. The van der Waals surface area contributed by atoms with Crippen molar-refractivity contribution in [3.05, 3.63) is 30.5 Å². The molecular weight excluding hydrogens is 236 g/mol. The summed E-state index contributed by atoms with van der Waals surface area (Å²) in [6.45, 7) is 0.982. The molecule has 0 amide bonds. The number of hydrogen-bond acceptors (Lipinski definition) is 3. The molecule has 0 atom stereocenters. The third-order valence-corrected chi connectivity index (χ3v) is 4.17. The fraction of sp³-hybridized carbons (Fsp3) is 0.333. The van der Waals surface area contributed by atoms with Crippen molar-refractivity contribution in [2.75, 3.05) is 5.73 Å². The lowest BCUT2D eigenvalue weighted by Gasteiger charge is -2.26. The van der Waals surface area contributed by atoms with Crippen LogP contribution < -0.4 is 5.73 Å². The van der Waals surface area contributed by atoms with Crippen molar-refractivity contribution in [2.45, 2.75) is 25.8 Å². The molecule has 4 heteroatoms. The first-order valence-corrected chi connectivity index (χ1v) is 6.82. The standard InChI is InChI=1S/C15H16N4/c16-15-18-13-8-17-12-7-2-1-6-11(12)14(13)19(15)9-10-4-3-5-10/h1-2,6-8,10H,3-5,9H2,(H2,16,18). The van der Waals surface area contributed by atoms with Gasteiger partial charge in [-0.25, -0.2) is 4.98 Å². The van der Waals surface area contributed by atoms with Crippen molar-refractivity contribution in [2.24, 2.45) is 5.92 Å². The summed E-state index contributed by atoms with van der Waals surface area (Å²) in [6.07, 6.45) is 5.79. The molecule has 4 nitrogen and oxygen atoms in total. The molecule has 1 aromatic carbocycles. The van der Waals surface area contributed by atoms with Crippen molar-refractivity contribution >= 4 is 27.9 Å². The molecule has 1 aliphatic carbocycles. The molecular formula is C15H16N4. The van der Waals surface area contributed by atoms with E-state index in [2.05, 4.69) is 20.6 Å². The lowest BCUT2D eigenvalue weighted by molar-refractivity contribution is 0.281. The van der Waals surface area contributed by atoms with E-state index in [0.29, 0.717) is 5.95 Å². The van der Waals surface area contributed by atoms with Gasteiger partial charge in [-0.3, -0.25) is 4.98 Å². The second kappa shape index (κ2) is 3.95. The van der Waals surface area contributed by atoms with E-state index < -0.39 is 0 Å². The van der Waals surface area contributed by atoms with E-state index in [1.807, 2.05) is 24.4 Å². The smallest absolute Gasteiger partial charge is 0.201 e. The van der Waals surface area contributed by atoms with E-state index in [1.165, 1.54) is 19.3 Å². The van der Waals surface area contributed by atoms with E-state index in [1.54, 1.807) is 0 Å². The average Bonchev–Trinajstić information content (AvgIpc) is 2.70. The fourth-order valence-electron chi connectivity index (χ4n) is 2.90. The molecule has 2 heterocycles. The highest BCUT2D eigenvalue weighted by Crippen LogP contribution is 2.32. The summed E-state index contributed by atoms with van der Waals surface area (Å²) in [7, 11) is 0. The molecule has 96 valence electrons. The zero-order valence-corrected chi connectivity index (χ0v) is 10.7. The number of benzene rings is 1. The molecule has 3 aromatic rings. The van der Waals surface area contributed by atoms with Crippen LogP contribution in [0.3, 0.4) is 0 Å². The maximum Gasteiger partial charge on any atom is 0.201 e. The van der Waals surface area contributed by atoms with Gasteiger partial charge in [-0.05, 0) is 24.8 Å². The van der Waals surface area contributed by atoms with Crippen LogP contribution in [0.5, 0.6) is 0 Å². The van der Waals surface area contributed by atoms with Crippen LogP contribution in [0.4, 0.5) is 5.95 Å². The van der Waals surface area contributed by atoms with E-state index in [0.717, 1.165) is 34.4 Å². The molecule has 2 N–H and O–H groups in total. The van der Waals surface area contributed by atoms with E-state index in [9.17, 15) is 0 Å². The summed E-state index contributed by atoms with van der Waals surface area (Å²) in [5, 5.41) is 1.14. The summed E-state index contributed by atoms with van der Waals surface area (Å²) in [4.78, 5) is 8.90. The van der Waals surface area contributed by atoms with Crippen LogP contribution in [-0.4, -0.2) is 14.5 Å². The third-order valence-electron chi connectivity index (χ3n) is 4.17. The zero-order valence-electron chi connectivity index (χ0n) is 10.7. The average molecular weight is 252 g/mol. The maximum absolute atomic E-state index is 6.10. The van der Waals surface area contributed by atoms with Crippen molar-refractivity contribution in [1.82, 2.24) is 14.5 Å². The quantitative estimate of drug-likeness (QED) is 0.762. The Morgan fingerprint density at radius 2 is 2.05 bits per heavy atom. The number of fused-ring (bicyclic) bond motifs is 3. The monoisotopic (exact) mass is 252 g/mol. The Hall–Kier alpha value is -2.10. The summed E-state index contributed by atoms with van der Waals surface area (Å²) < 4.78 is 2.17. The van der Waals surface area contributed by atoms with Gasteiger partial charge in [0.15, 0.2) is 0 Å². The number of aromatic nitrogens is 3. The van der Waals surface area contributed by atoms with Gasteiger partial charge in [0.25, 0.3) is 0 Å². The topological polar surface area (TPSA) is 56.7 Å². The van der Waals surface area contributed by atoms with Crippen molar-refractivity contribution in [3.8, 4) is 0 Å². The van der Waals surface area contributed by atoms with Crippen LogP contribution in [0.1, 0.15) is 19.3 Å². The molecule has 0 radical (unpaired) electrons. The Labute approximate surface area is 111 Å². The molecule has 0 aliphatic heterocycles. The normalized spacial score (nSPS) is 16.0. The molecule has 1 saturated carbocycles. The van der Waals surface area contributed by atoms with Gasteiger partial charge >= 0.3 is 0 Å². The van der Waals surface area contributed by atoms with E-state index in [4.69, 9.17) is 5.73 Å². The van der Waals surface area contributed by atoms with Crippen LogP contribution in [0.25, 0.3) is 21.9 Å². The number of anilines is 1. The lowest BCUT2D eigenvalue weighted by atomic mass is 9.85. The van der Waals surface area contributed by atoms with Crippen molar-refractivity contribution in [3.63, 3.8) is 0 Å². The molecule has 4 rings (SSSR count). The summed E-state index contributed by atoms with van der Waals surface area (Å²) in [5.41, 5.74) is 9.13. The molecule has 1 fully saturated rings. The predicted octanol–water partition coefficient (Wildman–Crippen LogP) is 2.97. The number of nitrogens with zero attached hydrogens (tertiary/aromatic N) is 3. The third kappa shape index (κ3) is 1.59. The Bertz CT molecular complexity index is 755. The van der Waals surface area contributed by atoms with Gasteiger partial charge in [0, 0.05) is 11.9 Å². The summed E-state index contributed by atoms with van der Waals surface area (Å²) in [5.74, 6) is 1.37. The minimum absolute atomic E-state index is 0.611. The SMILES string of the molecule is Nc1nc2cnc3ccccc3c2n1CC1CCC1. The van der Waals surface area contributed by atoms with Gasteiger partial charge in [-0.15, -0.1) is 0 Å². The molecule has 0 bridgehead atoms. The van der Waals surface area contributed by atoms with Gasteiger partial charge in [-0.2, -0.15) is 0 Å². The minimum atomic E-state index is 0.611. The Morgan fingerprint density at radius 3 is 2.84 bits per heavy atom. The first-order valence-electron chi connectivity index (χ1n) is 6.82.